The third-order valence-electron chi connectivity index (χ3n) is 12.7. The van der Waals surface area contributed by atoms with Crippen LogP contribution in [0.1, 0.15) is 52.7 Å². The van der Waals surface area contributed by atoms with Gasteiger partial charge in [-0.25, -0.2) is 0 Å². The predicted molar refractivity (Wildman–Crippen MR) is 245 cm³/mol. The number of rotatable bonds is 2. The van der Waals surface area contributed by atoms with Crippen molar-refractivity contribution >= 4 is 99.3 Å². The lowest BCUT2D eigenvalue weighted by molar-refractivity contribution is 0.590. The molecule has 274 valence electrons. The van der Waals surface area contributed by atoms with E-state index in [1.165, 1.54) is 98.0 Å². The number of nitrogens with zero attached hydrogens (tertiary/aromatic N) is 2. The van der Waals surface area contributed by atoms with Crippen LogP contribution >= 0.6 is 11.3 Å². The Morgan fingerprint density at radius 3 is 2.02 bits per heavy atom. The average molecular weight is 753 g/mol. The number of hydrogen-bond acceptors (Lipinski definition) is 3. The Labute approximate surface area is 336 Å². The van der Waals surface area contributed by atoms with Gasteiger partial charge in [-0.15, -0.1) is 11.3 Å². The number of anilines is 3. The van der Waals surface area contributed by atoms with Crippen LogP contribution in [0.25, 0.3) is 75.4 Å². The van der Waals surface area contributed by atoms with Crippen molar-refractivity contribution in [1.29, 1.82) is 0 Å². The molecule has 0 bridgehead atoms. The van der Waals surface area contributed by atoms with Gasteiger partial charge in [0.2, 0.25) is 0 Å². The second kappa shape index (κ2) is 11.3. The molecule has 0 saturated heterocycles. The van der Waals surface area contributed by atoms with Crippen molar-refractivity contribution < 1.29 is 4.42 Å². The summed E-state index contributed by atoms with van der Waals surface area (Å²) in [6.07, 6.45) is 0. The molecule has 0 spiro atoms. The molecule has 2 aliphatic heterocycles. The number of para-hydroxylation sites is 2. The van der Waals surface area contributed by atoms with E-state index >= 15 is 0 Å². The van der Waals surface area contributed by atoms with Gasteiger partial charge in [-0.05, 0) is 109 Å². The summed E-state index contributed by atoms with van der Waals surface area (Å²) in [7, 11) is 0. The van der Waals surface area contributed by atoms with E-state index in [4.69, 9.17) is 4.42 Å². The summed E-state index contributed by atoms with van der Waals surface area (Å²) in [5, 5.41) is 4.98. The molecule has 5 heterocycles. The zero-order chi connectivity index (χ0) is 38.5. The summed E-state index contributed by atoms with van der Waals surface area (Å²) >= 11 is 1.90. The van der Waals surface area contributed by atoms with Crippen molar-refractivity contribution in [1.82, 2.24) is 4.48 Å². The molecule has 0 unspecified atom stereocenters. The summed E-state index contributed by atoms with van der Waals surface area (Å²) < 4.78 is 12.1. The van der Waals surface area contributed by atoms with Crippen LogP contribution in [0, 0.1) is 0 Å². The van der Waals surface area contributed by atoms with Crippen LogP contribution in [0.5, 0.6) is 0 Å². The highest BCUT2D eigenvalue weighted by atomic mass is 32.1. The van der Waals surface area contributed by atoms with Gasteiger partial charge in [-0.1, -0.05) is 126 Å². The van der Waals surface area contributed by atoms with Crippen molar-refractivity contribution in [3.8, 4) is 22.3 Å². The summed E-state index contributed by atoms with van der Waals surface area (Å²) in [5.74, 6) is 0. The third kappa shape index (κ3) is 4.49. The van der Waals surface area contributed by atoms with Gasteiger partial charge >= 0.3 is 6.85 Å². The van der Waals surface area contributed by atoms with Crippen molar-refractivity contribution in [3.05, 3.63) is 151 Å². The quantitative estimate of drug-likeness (QED) is 0.164. The molecule has 12 rings (SSSR count). The summed E-state index contributed by atoms with van der Waals surface area (Å²) in [5.41, 5.74) is 18.2. The van der Waals surface area contributed by atoms with Crippen LogP contribution in [0.4, 0.5) is 17.1 Å². The standard InChI is InChI=1S/C52H41BN2OS/c1-51(2,3)31-23-24-39(37(27-31)30-15-8-7-9-16-30)54-40-25-26-44-45(35-18-11-13-22-43(35)57-44)47(40)53-46-38(28-32(29-41(46)54)52(4,5)6)33-19-14-20-36-48(33)55(53)49-34-17-10-12-21-42(34)56-50(36)49/h7-29H,1-6H3. The van der Waals surface area contributed by atoms with Crippen molar-refractivity contribution in [2.24, 2.45) is 0 Å². The van der Waals surface area contributed by atoms with Crippen LogP contribution in [-0.4, -0.2) is 11.3 Å². The van der Waals surface area contributed by atoms with Gasteiger partial charge < -0.3 is 13.8 Å². The number of hydrogen-bond donors (Lipinski definition) is 0. The van der Waals surface area contributed by atoms with Crippen LogP contribution < -0.4 is 15.8 Å². The maximum Gasteiger partial charge on any atom is 0.333 e. The topological polar surface area (TPSA) is 21.3 Å². The smallest absolute Gasteiger partial charge is 0.333 e. The Hall–Kier alpha value is -6.04. The Kier molecular flexibility index (Phi) is 6.57. The highest BCUT2D eigenvalue weighted by Gasteiger charge is 2.46. The molecule has 0 fully saturated rings. The molecule has 0 amide bonds. The zero-order valence-corrected chi connectivity index (χ0v) is 33.9. The first-order valence-electron chi connectivity index (χ1n) is 20.1. The lowest BCUT2D eigenvalue weighted by Crippen LogP contribution is -2.57. The Balaban J connectivity index is 1.31. The monoisotopic (exact) mass is 752 g/mol. The molecule has 3 nitrogen and oxygen atoms in total. The highest BCUT2D eigenvalue weighted by Crippen LogP contribution is 2.51. The van der Waals surface area contributed by atoms with Gasteiger partial charge in [0.05, 0.1) is 11.2 Å². The maximum absolute atomic E-state index is 6.84. The van der Waals surface area contributed by atoms with E-state index in [2.05, 4.69) is 190 Å². The fourth-order valence-corrected chi connectivity index (χ4v) is 11.1. The van der Waals surface area contributed by atoms with Gasteiger partial charge in [0.15, 0.2) is 5.58 Å². The first kappa shape index (κ1) is 33.1. The van der Waals surface area contributed by atoms with E-state index in [-0.39, 0.29) is 17.7 Å². The van der Waals surface area contributed by atoms with E-state index in [0.717, 1.165) is 16.6 Å². The van der Waals surface area contributed by atoms with Gasteiger partial charge in [0.25, 0.3) is 0 Å². The fourth-order valence-electron chi connectivity index (χ4n) is 9.94. The second-order valence-corrected chi connectivity index (χ2v) is 19.2. The van der Waals surface area contributed by atoms with Crippen LogP contribution in [0.15, 0.2) is 144 Å². The molecule has 10 aromatic rings. The van der Waals surface area contributed by atoms with E-state index < -0.39 is 0 Å². The summed E-state index contributed by atoms with van der Waals surface area (Å²) in [6, 6.07) is 52.4. The predicted octanol–water partition coefficient (Wildman–Crippen LogP) is 13.6. The SMILES string of the molecule is CC(C)(C)c1ccc(N2c3cc(C(C)(C)C)cc4c3B(c3c2ccc2sc5ccccc5c32)n2c3c-4cccc3c3oc4ccccc4c32)c(-c2ccccc2)c1. The summed E-state index contributed by atoms with van der Waals surface area (Å²) in [4.78, 5) is 2.62. The number of benzene rings is 7. The molecule has 3 aromatic heterocycles. The van der Waals surface area contributed by atoms with Gasteiger partial charge in [-0.2, -0.15) is 0 Å². The van der Waals surface area contributed by atoms with Crippen LogP contribution in [0.2, 0.25) is 0 Å². The molecule has 0 aliphatic carbocycles. The van der Waals surface area contributed by atoms with E-state index in [9.17, 15) is 0 Å². The summed E-state index contributed by atoms with van der Waals surface area (Å²) in [6.45, 7) is 13.9. The molecule has 0 saturated carbocycles. The molecule has 0 radical (unpaired) electrons. The van der Waals surface area contributed by atoms with Gasteiger partial charge in [0, 0.05) is 48.2 Å². The minimum Gasteiger partial charge on any atom is -0.454 e. The van der Waals surface area contributed by atoms with Gasteiger partial charge in [-0.3, -0.25) is 0 Å². The number of thiophene rings is 1. The van der Waals surface area contributed by atoms with E-state index in [0.29, 0.717) is 0 Å². The largest absolute Gasteiger partial charge is 0.454 e. The molecule has 57 heavy (non-hydrogen) atoms. The molecular weight excluding hydrogens is 711 g/mol. The molecular formula is C52H41BN2OS. The molecule has 5 heteroatoms. The fraction of sp³-hybridized carbons (Fsp3) is 0.154. The van der Waals surface area contributed by atoms with Crippen molar-refractivity contribution in [2.45, 2.75) is 52.4 Å². The normalized spacial score (nSPS) is 13.7. The van der Waals surface area contributed by atoms with Crippen molar-refractivity contribution in [3.63, 3.8) is 0 Å². The Bertz CT molecular complexity index is 3330. The average Bonchev–Trinajstić information content (AvgIpc) is 3.88. The van der Waals surface area contributed by atoms with E-state index in [1.807, 2.05) is 11.3 Å². The Morgan fingerprint density at radius 2 is 1.21 bits per heavy atom. The molecule has 0 atom stereocenters. The molecule has 0 N–H and O–H groups in total. The first-order chi connectivity index (χ1) is 27.6. The second-order valence-electron chi connectivity index (χ2n) is 18.1. The number of aromatic nitrogens is 1. The lowest BCUT2D eigenvalue weighted by Gasteiger charge is -2.42. The lowest BCUT2D eigenvalue weighted by atomic mass is 9.44. The molecule has 7 aromatic carbocycles. The number of furan rings is 1. The highest BCUT2D eigenvalue weighted by molar-refractivity contribution is 7.26. The first-order valence-corrected chi connectivity index (χ1v) is 20.9. The minimum atomic E-state index is -0.0955. The maximum atomic E-state index is 6.84. The number of fused-ring (bicyclic) bond motifs is 13. The van der Waals surface area contributed by atoms with Gasteiger partial charge in [0.1, 0.15) is 5.58 Å². The molecule has 2 aliphatic rings. The van der Waals surface area contributed by atoms with E-state index in [1.54, 1.807) is 0 Å². The Morgan fingerprint density at radius 1 is 0.509 bits per heavy atom. The van der Waals surface area contributed by atoms with Crippen LogP contribution in [-0.2, 0) is 10.8 Å². The zero-order valence-electron chi connectivity index (χ0n) is 33.1. The minimum absolute atomic E-state index is 0.0116. The van der Waals surface area contributed by atoms with Crippen molar-refractivity contribution in [2.75, 3.05) is 4.90 Å². The third-order valence-corrected chi connectivity index (χ3v) is 13.8. The van der Waals surface area contributed by atoms with Crippen LogP contribution in [0.3, 0.4) is 0 Å².